The largest absolute Gasteiger partial charge is 0.335 e. The molecule has 0 saturated heterocycles. The van der Waals surface area contributed by atoms with Crippen molar-refractivity contribution in [1.82, 2.24) is 9.55 Å². The lowest BCUT2D eigenvalue weighted by atomic mass is 10.1. The van der Waals surface area contributed by atoms with Crippen molar-refractivity contribution in [1.29, 1.82) is 0 Å². The van der Waals surface area contributed by atoms with Gasteiger partial charge in [0.25, 0.3) is 0 Å². The monoisotopic (exact) mass is 222 g/mol. The van der Waals surface area contributed by atoms with Crippen molar-refractivity contribution < 1.29 is 0 Å². The summed E-state index contributed by atoms with van der Waals surface area (Å²) < 4.78 is 2.07. The van der Waals surface area contributed by atoms with Crippen LogP contribution >= 0.6 is 0 Å². The minimum absolute atomic E-state index is 1.04. The lowest BCUT2D eigenvalue weighted by molar-refractivity contribution is 0.944. The van der Waals surface area contributed by atoms with E-state index in [0.29, 0.717) is 0 Å². The maximum absolute atomic E-state index is 4.54. The highest BCUT2D eigenvalue weighted by atomic mass is 15.0. The van der Waals surface area contributed by atoms with E-state index in [1.54, 1.807) is 0 Å². The zero-order valence-corrected chi connectivity index (χ0v) is 10.0. The first kappa shape index (κ1) is 10.1. The third kappa shape index (κ3) is 1.62. The SMILES string of the molecule is Cc1cn(C)c2ncc(-c3ccccc3)cc12. The molecule has 3 rings (SSSR count). The molecule has 0 unspecified atom stereocenters. The lowest BCUT2D eigenvalue weighted by Crippen LogP contribution is -1.87. The van der Waals surface area contributed by atoms with Gasteiger partial charge in [0.1, 0.15) is 5.65 Å². The Kier molecular flexibility index (Phi) is 2.22. The zero-order chi connectivity index (χ0) is 11.8. The summed E-state index contributed by atoms with van der Waals surface area (Å²) in [7, 11) is 2.03. The van der Waals surface area contributed by atoms with E-state index in [0.717, 1.165) is 5.65 Å². The normalized spacial score (nSPS) is 10.9. The van der Waals surface area contributed by atoms with E-state index in [9.17, 15) is 0 Å². The van der Waals surface area contributed by atoms with Gasteiger partial charge in [0.15, 0.2) is 0 Å². The topological polar surface area (TPSA) is 17.8 Å². The molecule has 0 N–H and O–H groups in total. The molecular formula is C15H14N2. The zero-order valence-electron chi connectivity index (χ0n) is 10.0. The Balaban J connectivity index is 2.24. The van der Waals surface area contributed by atoms with E-state index in [1.165, 1.54) is 22.1 Å². The van der Waals surface area contributed by atoms with Gasteiger partial charge in [-0.1, -0.05) is 30.3 Å². The second-order valence-electron chi connectivity index (χ2n) is 4.38. The van der Waals surface area contributed by atoms with Crippen LogP contribution in [-0.4, -0.2) is 9.55 Å². The Morgan fingerprint density at radius 2 is 1.82 bits per heavy atom. The molecule has 2 nitrogen and oxygen atoms in total. The standard InChI is InChI=1S/C15H14N2/c1-11-10-17(2)15-14(11)8-13(9-16-15)12-6-4-3-5-7-12/h3-10H,1-2H3. The molecule has 0 bridgehead atoms. The van der Waals surface area contributed by atoms with Crippen LogP contribution < -0.4 is 0 Å². The third-order valence-electron chi connectivity index (χ3n) is 3.12. The first-order valence-electron chi connectivity index (χ1n) is 5.73. The summed E-state index contributed by atoms with van der Waals surface area (Å²) in [5.74, 6) is 0. The molecule has 0 aliphatic heterocycles. The quantitative estimate of drug-likeness (QED) is 0.615. The number of fused-ring (bicyclic) bond motifs is 1. The van der Waals surface area contributed by atoms with Gasteiger partial charge in [-0.05, 0) is 24.1 Å². The predicted molar refractivity (Wildman–Crippen MR) is 70.9 cm³/mol. The summed E-state index contributed by atoms with van der Waals surface area (Å²) in [5.41, 5.74) is 4.70. The number of aromatic nitrogens is 2. The van der Waals surface area contributed by atoms with E-state index >= 15 is 0 Å². The van der Waals surface area contributed by atoms with Crippen molar-refractivity contribution in [2.24, 2.45) is 7.05 Å². The fourth-order valence-electron chi connectivity index (χ4n) is 2.24. The fourth-order valence-corrected chi connectivity index (χ4v) is 2.24. The number of pyridine rings is 1. The molecule has 2 heterocycles. The Hall–Kier alpha value is -2.09. The van der Waals surface area contributed by atoms with Crippen LogP contribution in [0.3, 0.4) is 0 Å². The van der Waals surface area contributed by atoms with Gasteiger partial charge in [-0.25, -0.2) is 4.98 Å². The Morgan fingerprint density at radius 1 is 1.06 bits per heavy atom. The van der Waals surface area contributed by atoms with Crippen LogP contribution in [0.5, 0.6) is 0 Å². The Labute approximate surface area is 101 Å². The number of benzene rings is 1. The molecule has 0 aliphatic carbocycles. The van der Waals surface area contributed by atoms with Crippen molar-refractivity contribution in [2.75, 3.05) is 0 Å². The van der Waals surface area contributed by atoms with Crippen LogP contribution in [0.4, 0.5) is 0 Å². The van der Waals surface area contributed by atoms with Gasteiger partial charge in [-0.15, -0.1) is 0 Å². The van der Waals surface area contributed by atoms with Crippen molar-refractivity contribution >= 4 is 11.0 Å². The van der Waals surface area contributed by atoms with E-state index in [4.69, 9.17) is 0 Å². The van der Waals surface area contributed by atoms with Crippen molar-refractivity contribution in [3.8, 4) is 11.1 Å². The predicted octanol–water partition coefficient (Wildman–Crippen LogP) is 3.55. The molecule has 0 aliphatic rings. The molecule has 1 aromatic carbocycles. The first-order valence-corrected chi connectivity index (χ1v) is 5.73. The molecule has 84 valence electrons. The van der Waals surface area contributed by atoms with Crippen LogP contribution in [0.2, 0.25) is 0 Å². The highest BCUT2D eigenvalue weighted by molar-refractivity contribution is 5.84. The average molecular weight is 222 g/mol. The minimum Gasteiger partial charge on any atom is -0.335 e. The number of hydrogen-bond acceptors (Lipinski definition) is 1. The highest BCUT2D eigenvalue weighted by Gasteiger charge is 2.06. The third-order valence-corrected chi connectivity index (χ3v) is 3.12. The molecule has 17 heavy (non-hydrogen) atoms. The van der Waals surface area contributed by atoms with Gasteiger partial charge in [0.05, 0.1) is 0 Å². The molecule has 2 aromatic heterocycles. The van der Waals surface area contributed by atoms with E-state index in [-0.39, 0.29) is 0 Å². The summed E-state index contributed by atoms with van der Waals surface area (Å²) in [5, 5.41) is 1.23. The number of aryl methyl sites for hydroxylation is 2. The number of hydrogen-bond donors (Lipinski definition) is 0. The van der Waals surface area contributed by atoms with Crippen molar-refractivity contribution in [3.05, 3.63) is 54.4 Å². The molecule has 0 fully saturated rings. The maximum atomic E-state index is 4.54. The maximum Gasteiger partial charge on any atom is 0.139 e. The molecule has 0 radical (unpaired) electrons. The Morgan fingerprint density at radius 3 is 2.59 bits per heavy atom. The van der Waals surface area contributed by atoms with Gasteiger partial charge in [0, 0.05) is 30.4 Å². The van der Waals surface area contributed by atoms with Crippen molar-refractivity contribution in [2.45, 2.75) is 6.92 Å². The molecule has 0 amide bonds. The molecule has 0 saturated carbocycles. The van der Waals surface area contributed by atoms with Crippen LogP contribution in [0.15, 0.2) is 48.8 Å². The summed E-state index contributed by atoms with van der Waals surface area (Å²) in [4.78, 5) is 4.54. The molecular weight excluding hydrogens is 208 g/mol. The van der Waals surface area contributed by atoms with Crippen LogP contribution in [0, 0.1) is 6.92 Å². The van der Waals surface area contributed by atoms with Gasteiger partial charge >= 0.3 is 0 Å². The van der Waals surface area contributed by atoms with Crippen LogP contribution in [-0.2, 0) is 7.05 Å². The highest BCUT2D eigenvalue weighted by Crippen LogP contribution is 2.25. The van der Waals surface area contributed by atoms with Crippen molar-refractivity contribution in [3.63, 3.8) is 0 Å². The van der Waals surface area contributed by atoms with E-state index in [1.807, 2.05) is 19.3 Å². The fraction of sp³-hybridized carbons (Fsp3) is 0.133. The molecule has 0 atom stereocenters. The van der Waals surface area contributed by atoms with Crippen LogP contribution in [0.1, 0.15) is 5.56 Å². The average Bonchev–Trinajstić information content (AvgIpc) is 2.66. The van der Waals surface area contributed by atoms with Gasteiger partial charge in [-0.3, -0.25) is 0 Å². The molecule has 2 heteroatoms. The number of nitrogens with zero attached hydrogens (tertiary/aromatic N) is 2. The first-order chi connectivity index (χ1) is 8.25. The summed E-state index contributed by atoms with van der Waals surface area (Å²) >= 11 is 0. The summed E-state index contributed by atoms with van der Waals surface area (Å²) in [6.45, 7) is 2.12. The van der Waals surface area contributed by atoms with Gasteiger partial charge in [0.2, 0.25) is 0 Å². The Bertz CT molecular complexity index is 666. The van der Waals surface area contributed by atoms with E-state index in [2.05, 4.69) is 53.0 Å². The summed E-state index contributed by atoms with van der Waals surface area (Å²) in [6.07, 6.45) is 4.06. The lowest BCUT2D eigenvalue weighted by Gasteiger charge is -2.02. The second kappa shape index (κ2) is 3.74. The molecule has 3 aromatic rings. The molecule has 0 spiro atoms. The second-order valence-corrected chi connectivity index (χ2v) is 4.38. The minimum atomic E-state index is 1.04. The number of rotatable bonds is 1. The smallest absolute Gasteiger partial charge is 0.139 e. The van der Waals surface area contributed by atoms with Gasteiger partial charge < -0.3 is 4.57 Å². The summed E-state index contributed by atoms with van der Waals surface area (Å²) in [6, 6.07) is 12.6. The van der Waals surface area contributed by atoms with Crippen LogP contribution in [0.25, 0.3) is 22.2 Å². The van der Waals surface area contributed by atoms with Gasteiger partial charge in [-0.2, -0.15) is 0 Å². The van der Waals surface area contributed by atoms with E-state index < -0.39 is 0 Å².